The minimum Gasteiger partial charge on any atom is -0.454 e. The molecule has 30 heavy (non-hydrogen) atoms. The van der Waals surface area contributed by atoms with Crippen LogP contribution in [-0.4, -0.2) is 47.5 Å². The van der Waals surface area contributed by atoms with Crippen molar-refractivity contribution in [2.75, 3.05) is 19.7 Å². The molecular weight excluding hydrogens is 406 g/mol. The second kappa shape index (κ2) is 7.25. The second-order valence-corrected chi connectivity index (χ2v) is 7.61. The normalized spacial score (nSPS) is 19.6. The number of carbonyl (C=O) groups is 2. The number of H-pyrrole nitrogens is 1. The first-order valence-corrected chi connectivity index (χ1v) is 10.2. The SMILES string of the molecule is CNC(=O)C1Cc2c([nH]c3ccccc23)C(c2ccc3c(c2)OCO3)N1C(=O)CCl. The number of fused-ring (bicyclic) bond motifs is 4. The van der Waals surface area contributed by atoms with Gasteiger partial charge in [-0.2, -0.15) is 0 Å². The second-order valence-electron chi connectivity index (χ2n) is 7.35. The van der Waals surface area contributed by atoms with Gasteiger partial charge in [0.2, 0.25) is 18.6 Å². The van der Waals surface area contributed by atoms with Gasteiger partial charge in [-0.1, -0.05) is 24.3 Å². The molecular formula is C22H20ClN3O4. The standard InChI is InChI=1S/C22H20ClN3O4/c1-24-22(28)16-9-14-13-4-2-3-5-15(13)25-20(14)21(26(16)19(27)10-23)12-6-7-17-18(8-12)30-11-29-17/h2-8,16,21,25H,9-11H2,1H3,(H,24,28). The predicted molar refractivity (Wildman–Crippen MR) is 112 cm³/mol. The molecule has 0 radical (unpaired) electrons. The molecule has 2 aromatic carbocycles. The minimum atomic E-state index is -0.677. The monoisotopic (exact) mass is 425 g/mol. The highest BCUT2D eigenvalue weighted by Gasteiger charge is 2.43. The van der Waals surface area contributed by atoms with E-state index in [4.69, 9.17) is 21.1 Å². The maximum absolute atomic E-state index is 13.0. The first kappa shape index (κ1) is 18.8. The van der Waals surface area contributed by atoms with E-state index in [2.05, 4.69) is 10.3 Å². The summed E-state index contributed by atoms with van der Waals surface area (Å²) in [5.41, 5.74) is 3.69. The first-order chi connectivity index (χ1) is 14.6. The number of hydrogen-bond acceptors (Lipinski definition) is 4. The molecule has 2 unspecified atom stereocenters. The summed E-state index contributed by atoms with van der Waals surface area (Å²) >= 11 is 5.97. The van der Waals surface area contributed by atoms with E-state index < -0.39 is 12.1 Å². The first-order valence-electron chi connectivity index (χ1n) is 9.70. The molecule has 7 nitrogen and oxygen atoms in total. The maximum Gasteiger partial charge on any atom is 0.242 e. The van der Waals surface area contributed by atoms with Crippen molar-refractivity contribution in [1.82, 2.24) is 15.2 Å². The van der Waals surface area contributed by atoms with Gasteiger partial charge in [-0.25, -0.2) is 0 Å². The molecule has 0 bridgehead atoms. The number of carbonyl (C=O) groups excluding carboxylic acids is 2. The number of benzene rings is 2. The number of amides is 2. The highest BCUT2D eigenvalue weighted by molar-refractivity contribution is 6.27. The number of hydrogen-bond donors (Lipinski definition) is 2. The van der Waals surface area contributed by atoms with Crippen LogP contribution in [0.4, 0.5) is 0 Å². The Morgan fingerprint density at radius 2 is 2.00 bits per heavy atom. The predicted octanol–water partition coefficient (Wildman–Crippen LogP) is 2.72. The van der Waals surface area contributed by atoms with E-state index in [9.17, 15) is 9.59 Å². The third-order valence-electron chi connectivity index (χ3n) is 5.80. The third kappa shape index (κ3) is 2.81. The molecule has 3 aromatic rings. The van der Waals surface area contributed by atoms with E-state index in [0.717, 1.165) is 27.7 Å². The number of nitrogens with one attached hydrogen (secondary N) is 2. The maximum atomic E-state index is 13.0. The molecule has 0 fully saturated rings. The number of para-hydroxylation sites is 1. The quantitative estimate of drug-likeness (QED) is 0.632. The van der Waals surface area contributed by atoms with Crippen molar-refractivity contribution in [3.63, 3.8) is 0 Å². The average molecular weight is 426 g/mol. The van der Waals surface area contributed by atoms with E-state index in [1.54, 1.807) is 11.9 Å². The van der Waals surface area contributed by atoms with Crippen LogP contribution >= 0.6 is 11.6 Å². The largest absolute Gasteiger partial charge is 0.454 e. The summed E-state index contributed by atoms with van der Waals surface area (Å²) in [4.78, 5) is 30.9. The Morgan fingerprint density at radius 3 is 2.80 bits per heavy atom. The van der Waals surface area contributed by atoms with E-state index in [1.165, 1.54) is 0 Å². The van der Waals surface area contributed by atoms with Crippen LogP contribution in [-0.2, 0) is 16.0 Å². The van der Waals surface area contributed by atoms with Crippen LogP contribution in [0.15, 0.2) is 42.5 Å². The molecule has 2 aliphatic heterocycles. The number of ether oxygens (including phenoxy) is 2. The van der Waals surface area contributed by atoms with Gasteiger partial charge in [0.05, 0.1) is 6.04 Å². The summed E-state index contributed by atoms with van der Waals surface area (Å²) < 4.78 is 11.0. The Labute approximate surface area is 177 Å². The number of halogens is 1. The van der Waals surface area contributed by atoms with Gasteiger partial charge in [-0.3, -0.25) is 9.59 Å². The number of aromatic amines is 1. The molecule has 3 heterocycles. The van der Waals surface area contributed by atoms with Crippen LogP contribution in [0.5, 0.6) is 11.5 Å². The van der Waals surface area contributed by atoms with Crippen molar-refractivity contribution >= 4 is 34.3 Å². The molecule has 2 amide bonds. The molecule has 0 spiro atoms. The molecule has 5 rings (SSSR count). The Morgan fingerprint density at radius 1 is 1.20 bits per heavy atom. The number of alkyl halides is 1. The van der Waals surface area contributed by atoms with E-state index in [1.807, 2.05) is 42.5 Å². The molecule has 0 aliphatic carbocycles. The van der Waals surface area contributed by atoms with Crippen LogP contribution in [0.25, 0.3) is 10.9 Å². The van der Waals surface area contributed by atoms with Crippen molar-refractivity contribution in [2.24, 2.45) is 0 Å². The molecule has 2 aliphatic rings. The van der Waals surface area contributed by atoms with Crippen molar-refractivity contribution < 1.29 is 19.1 Å². The molecule has 0 saturated carbocycles. The van der Waals surface area contributed by atoms with Crippen LogP contribution in [0.3, 0.4) is 0 Å². The van der Waals surface area contributed by atoms with Crippen molar-refractivity contribution in [2.45, 2.75) is 18.5 Å². The van der Waals surface area contributed by atoms with Gasteiger partial charge in [0.15, 0.2) is 11.5 Å². The topological polar surface area (TPSA) is 83.7 Å². The van der Waals surface area contributed by atoms with Crippen LogP contribution in [0, 0.1) is 0 Å². The van der Waals surface area contributed by atoms with Gasteiger partial charge in [-0.15, -0.1) is 11.6 Å². The summed E-state index contributed by atoms with van der Waals surface area (Å²) in [6.45, 7) is 0.159. The van der Waals surface area contributed by atoms with E-state index in [-0.39, 0.29) is 24.5 Å². The zero-order valence-electron chi connectivity index (χ0n) is 16.3. The lowest BCUT2D eigenvalue weighted by Crippen LogP contribution is -2.54. The zero-order valence-corrected chi connectivity index (χ0v) is 17.0. The van der Waals surface area contributed by atoms with Crippen LogP contribution in [0.1, 0.15) is 22.9 Å². The summed E-state index contributed by atoms with van der Waals surface area (Å²) in [6, 6.07) is 12.3. The van der Waals surface area contributed by atoms with E-state index >= 15 is 0 Å². The highest BCUT2D eigenvalue weighted by Crippen LogP contribution is 2.43. The number of rotatable bonds is 3. The Hall–Kier alpha value is -3.19. The summed E-state index contributed by atoms with van der Waals surface area (Å²) in [7, 11) is 1.58. The fourth-order valence-corrected chi connectivity index (χ4v) is 4.61. The Kier molecular flexibility index (Phi) is 4.55. The highest BCUT2D eigenvalue weighted by atomic mass is 35.5. The van der Waals surface area contributed by atoms with Gasteiger partial charge in [-0.05, 0) is 29.3 Å². The van der Waals surface area contributed by atoms with Crippen molar-refractivity contribution in [3.05, 3.63) is 59.3 Å². The van der Waals surface area contributed by atoms with Gasteiger partial charge in [0, 0.05) is 30.1 Å². The third-order valence-corrected chi connectivity index (χ3v) is 6.02. The smallest absolute Gasteiger partial charge is 0.242 e. The summed E-state index contributed by atoms with van der Waals surface area (Å²) in [5, 5.41) is 3.74. The Balaban J connectivity index is 1.75. The van der Waals surface area contributed by atoms with E-state index in [0.29, 0.717) is 17.9 Å². The average Bonchev–Trinajstić information content (AvgIpc) is 3.40. The lowest BCUT2D eigenvalue weighted by atomic mass is 9.87. The van der Waals surface area contributed by atoms with Gasteiger partial charge in [0.1, 0.15) is 11.9 Å². The fraction of sp³-hybridized carbons (Fsp3) is 0.273. The van der Waals surface area contributed by atoms with Gasteiger partial charge < -0.3 is 24.7 Å². The van der Waals surface area contributed by atoms with Gasteiger partial charge in [0.25, 0.3) is 0 Å². The van der Waals surface area contributed by atoms with Crippen molar-refractivity contribution in [1.29, 1.82) is 0 Å². The molecule has 2 atom stereocenters. The molecule has 8 heteroatoms. The molecule has 2 N–H and O–H groups in total. The summed E-state index contributed by atoms with van der Waals surface area (Å²) in [6.07, 6.45) is 0.405. The molecule has 1 aromatic heterocycles. The zero-order chi connectivity index (χ0) is 20.8. The minimum absolute atomic E-state index is 0.159. The Bertz CT molecular complexity index is 1160. The lowest BCUT2D eigenvalue weighted by molar-refractivity contribution is -0.141. The number of likely N-dealkylation sites (N-methyl/N-ethyl adjacent to an activating group) is 1. The number of nitrogens with zero attached hydrogens (tertiary/aromatic N) is 1. The fourth-order valence-electron chi connectivity index (χ4n) is 4.47. The van der Waals surface area contributed by atoms with Crippen LogP contribution < -0.4 is 14.8 Å². The number of aromatic nitrogens is 1. The molecule has 0 saturated heterocycles. The van der Waals surface area contributed by atoms with Crippen molar-refractivity contribution in [3.8, 4) is 11.5 Å². The summed E-state index contributed by atoms with van der Waals surface area (Å²) in [5.74, 6) is 0.520. The van der Waals surface area contributed by atoms with Gasteiger partial charge >= 0.3 is 0 Å². The molecule has 154 valence electrons. The lowest BCUT2D eigenvalue weighted by Gasteiger charge is -2.41. The van der Waals surface area contributed by atoms with Crippen LogP contribution in [0.2, 0.25) is 0 Å².